The van der Waals surface area contributed by atoms with Crippen LogP contribution in [0.15, 0.2) is 18.2 Å². The SMILES string of the molecule is COc1cc(CNC(=O)C[C@H]2C[C@@H]3CC[C@@H]2C3)ccc1OC(F)F. The van der Waals surface area contributed by atoms with E-state index in [-0.39, 0.29) is 17.4 Å². The third-order valence-electron chi connectivity index (χ3n) is 5.27. The Balaban J connectivity index is 1.51. The van der Waals surface area contributed by atoms with E-state index in [9.17, 15) is 13.6 Å². The van der Waals surface area contributed by atoms with E-state index >= 15 is 0 Å². The van der Waals surface area contributed by atoms with Crippen LogP contribution in [0.3, 0.4) is 0 Å². The number of rotatable bonds is 7. The van der Waals surface area contributed by atoms with E-state index in [2.05, 4.69) is 10.1 Å². The molecule has 1 amide bonds. The first-order valence-electron chi connectivity index (χ1n) is 8.43. The molecule has 0 heterocycles. The summed E-state index contributed by atoms with van der Waals surface area (Å²) in [5.41, 5.74) is 0.787. The van der Waals surface area contributed by atoms with Crippen molar-refractivity contribution in [2.24, 2.45) is 17.8 Å². The summed E-state index contributed by atoms with van der Waals surface area (Å²) in [7, 11) is 1.39. The Bertz CT molecular complexity index is 594. The minimum Gasteiger partial charge on any atom is -0.493 e. The van der Waals surface area contributed by atoms with Crippen molar-refractivity contribution in [2.75, 3.05) is 7.11 Å². The molecule has 1 N–H and O–H groups in total. The number of hydrogen-bond donors (Lipinski definition) is 1. The van der Waals surface area contributed by atoms with Crippen LogP contribution in [-0.4, -0.2) is 19.6 Å². The highest BCUT2D eigenvalue weighted by atomic mass is 19.3. The molecule has 24 heavy (non-hydrogen) atoms. The molecule has 2 aliphatic carbocycles. The van der Waals surface area contributed by atoms with Crippen LogP contribution in [0.25, 0.3) is 0 Å². The summed E-state index contributed by atoms with van der Waals surface area (Å²) < 4.78 is 34.1. The second kappa shape index (κ2) is 7.36. The molecule has 0 spiro atoms. The first-order chi connectivity index (χ1) is 11.5. The minimum atomic E-state index is -2.90. The van der Waals surface area contributed by atoms with Crippen LogP contribution in [0.5, 0.6) is 11.5 Å². The van der Waals surface area contributed by atoms with Crippen LogP contribution in [0.2, 0.25) is 0 Å². The molecule has 0 aliphatic heterocycles. The standard InChI is InChI=1S/C18H23F2NO3/c1-23-16-8-12(3-5-15(16)24-18(19)20)10-21-17(22)9-14-7-11-2-4-13(14)6-11/h3,5,8,11,13-14,18H,2,4,6-7,9-10H2,1H3,(H,21,22)/t11-,13-,14-/m1/s1. The largest absolute Gasteiger partial charge is 0.493 e. The quantitative estimate of drug-likeness (QED) is 0.823. The Morgan fingerprint density at radius 1 is 1.29 bits per heavy atom. The maximum absolute atomic E-state index is 12.3. The molecular formula is C18H23F2NO3. The van der Waals surface area contributed by atoms with Gasteiger partial charge in [0.15, 0.2) is 11.5 Å². The molecule has 1 aromatic rings. The Hall–Kier alpha value is -1.85. The number of fused-ring (bicyclic) bond motifs is 2. The summed E-state index contributed by atoms with van der Waals surface area (Å²) in [6.45, 7) is -2.54. The predicted octanol–water partition coefficient (Wildman–Crippen LogP) is 3.74. The van der Waals surface area contributed by atoms with E-state index < -0.39 is 6.61 Å². The van der Waals surface area contributed by atoms with Gasteiger partial charge in [0.1, 0.15) is 0 Å². The molecular weight excluding hydrogens is 316 g/mol. The number of alkyl halides is 2. The monoisotopic (exact) mass is 339 g/mol. The molecule has 0 saturated heterocycles. The van der Waals surface area contributed by atoms with Gasteiger partial charge in [0.2, 0.25) is 5.91 Å². The Morgan fingerprint density at radius 3 is 2.75 bits per heavy atom. The normalized spacial score (nSPS) is 25.1. The van der Waals surface area contributed by atoms with Gasteiger partial charge in [-0.2, -0.15) is 8.78 Å². The highest BCUT2D eigenvalue weighted by molar-refractivity contribution is 5.76. The van der Waals surface area contributed by atoms with Gasteiger partial charge in [0, 0.05) is 13.0 Å². The lowest BCUT2D eigenvalue weighted by molar-refractivity contribution is -0.122. The van der Waals surface area contributed by atoms with Crippen molar-refractivity contribution in [2.45, 2.75) is 45.3 Å². The summed E-state index contributed by atoms with van der Waals surface area (Å²) in [6.07, 6.45) is 5.66. The number of carbonyl (C=O) groups is 1. The van der Waals surface area contributed by atoms with Crippen molar-refractivity contribution in [3.8, 4) is 11.5 Å². The minimum absolute atomic E-state index is 0.00967. The van der Waals surface area contributed by atoms with Crippen molar-refractivity contribution >= 4 is 5.91 Å². The number of hydrogen-bond acceptors (Lipinski definition) is 3. The number of carbonyl (C=O) groups excluding carboxylic acids is 1. The van der Waals surface area contributed by atoms with Gasteiger partial charge in [-0.05, 0) is 54.7 Å². The van der Waals surface area contributed by atoms with Crippen molar-refractivity contribution in [1.82, 2.24) is 5.32 Å². The van der Waals surface area contributed by atoms with Crippen molar-refractivity contribution in [3.05, 3.63) is 23.8 Å². The maximum Gasteiger partial charge on any atom is 0.387 e. The highest BCUT2D eigenvalue weighted by Gasteiger charge is 2.39. The molecule has 1 aromatic carbocycles. The van der Waals surface area contributed by atoms with E-state index in [4.69, 9.17) is 4.74 Å². The fourth-order valence-corrected chi connectivity index (χ4v) is 4.15. The van der Waals surface area contributed by atoms with Gasteiger partial charge in [-0.3, -0.25) is 4.79 Å². The zero-order valence-electron chi connectivity index (χ0n) is 13.8. The van der Waals surface area contributed by atoms with Gasteiger partial charge >= 0.3 is 6.61 Å². The third-order valence-corrected chi connectivity index (χ3v) is 5.27. The second-order valence-corrected chi connectivity index (χ2v) is 6.78. The van der Waals surface area contributed by atoms with Gasteiger partial charge in [-0.1, -0.05) is 12.5 Å². The molecule has 3 atom stereocenters. The van der Waals surface area contributed by atoms with Gasteiger partial charge in [0.05, 0.1) is 7.11 Å². The predicted molar refractivity (Wildman–Crippen MR) is 85.0 cm³/mol. The molecule has 2 bridgehead atoms. The molecule has 2 saturated carbocycles. The molecule has 2 fully saturated rings. The van der Waals surface area contributed by atoms with Crippen molar-refractivity contribution in [3.63, 3.8) is 0 Å². The van der Waals surface area contributed by atoms with E-state index in [0.29, 0.717) is 18.9 Å². The number of nitrogens with one attached hydrogen (secondary N) is 1. The van der Waals surface area contributed by atoms with E-state index in [1.54, 1.807) is 12.1 Å². The van der Waals surface area contributed by atoms with E-state index in [1.165, 1.54) is 38.9 Å². The van der Waals surface area contributed by atoms with Gasteiger partial charge in [-0.15, -0.1) is 0 Å². The van der Waals surface area contributed by atoms with Crippen LogP contribution < -0.4 is 14.8 Å². The third kappa shape index (κ3) is 3.97. The van der Waals surface area contributed by atoms with Crippen molar-refractivity contribution < 1.29 is 23.0 Å². The molecule has 0 radical (unpaired) electrons. The molecule has 3 rings (SSSR count). The fraction of sp³-hybridized carbons (Fsp3) is 0.611. The summed E-state index contributed by atoms with van der Waals surface area (Å²) in [5, 5.41) is 2.91. The van der Waals surface area contributed by atoms with Crippen LogP contribution in [0.1, 0.15) is 37.7 Å². The van der Waals surface area contributed by atoms with E-state index in [0.717, 1.165) is 17.4 Å². The van der Waals surface area contributed by atoms with Crippen LogP contribution in [0, 0.1) is 17.8 Å². The zero-order chi connectivity index (χ0) is 17.1. The highest BCUT2D eigenvalue weighted by Crippen LogP contribution is 2.49. The van der Waals surface area contributed by atoms with Crippen LogP contribution in [-0.2, 0) is 11.3 Å². The molecule has 6 heteroatoms. The number of halogens is 2. The fourth-order valence-electron chi connectivity index (χ4n) is 4.15. The van der Waals surface area contributed by atoms with Gasteiger partial charge in [0.25, 0.3) is 0 Å². The zero-order valence-corrected chi connectivity index (χ0v) is 13.8. The van der Waals surface area contributed by atoms with Gasteiger partial charge in [-0.25, -0.2) is 0 Å². The van der Waals surface area contributed by atoms with Crippen LogP contribution >= 0.6 is 0 Å². The second-order valence-electron chi connectivity index (χ2n) is 6.78. The average molecular weight is 339 g/mol. The Labute approximate surface area is 140 Å². The molecule has 0 unspecified atom stereocenters. The molecule has 2 aliphatic rings. The number of amides is 1. The number of methoxy groups -OCH3 is 1. The molecule has 0 aromatic heterocycles. The summed E-state index contributed by atoms with van der Waals surface area (Å²) >= 11 is 0. The smallest absolute Gasteiger partial charge is 0.387 e. The molecule has 132 valence electrons. The number of benzene rings is 1. The van der Waals surface area contributed by atoms with Crippen LogP contribution in [0.4, 0.5) is 8.78 Å². The summed E-state index contributed by atoms with van der Waals surface area (Å²) in [5.74, 6) is 2.37. The average Bonchev–Trinajstić information content (AvgIpc) is 3.16. The van der Waals surface area contributed by atoms with Gasteiger partial charge < -0.3 is 14.8 Å². The topological polar surface area (TPSA) is 47.6 Å². The lowest BCUT2D eigenvalue weighted by atomic mass is 9.86. The van der Waals surface area contributed by atoms with E-state index in [1.807, 2.05) is 0 Å². The Morgan fingerprint density at radius 2 is 2.12 bits per heavy atom. The lowest BCUT2D eigenvalue weighted by Crippen LogP contribution is -2.26. The first-order valence-corrected chi connectivity index (χ1v) is 8.43. The lowest BCUT2D eigenvalue weighted by Gasteiger charge is -2.21. The maximum atomic E-state index is 12.3. The Kier molecular flexibility index (Phi) is 5.21. The summed E-state index contributed by atoms with van der Waals surface area (Å²) in [6, 6.07) is 4.69. The summed E-state index contributed by atoms with van der Waals surface area (Å²) in [4.78, 5) is 12.1. The molecule has 4 nitrogen and oxygen atoms in total. The first kappa shape index (κ1) is 17.0. The number of ether oxygens (including phenoxy) is 2. The van der Waals surface area contributed by atoms with Crippen molar-refractivity contribution in [1.29, 1.82) is 0 Å².